The third-order valence-corrected chi connectivity index (χ3v) is 4.01. The van der Waals surface area contributed by atoms with E-state index in [9.17, 15) is 10.1 Å². The van der Waals surface area contributed by atoms with Crippen molar-refractivity contribution in [3.63, 3.8) is 0 Å². The molecule has 0 aliphatic carbocycles. The number of piperidine rings is 1. The van der Waals surface area contributed by atoms with E-state index in [4.69, 9.17) is 0 Å². The first kappa shape index (κ1) is 15.7. The van der Waals surface area contributed by atoms with Crippen LogP contribution in [-0.2, 0) is 0 Å². The fraction of sp³-hybridized carbons (Fsp3) is 0.667. The van der Waals surface area contributed by atoms with Crippen LogP contribution in [0.1, 0.15) is 31.7 Å². The molecule has 0 atom stereocenters. The fourth-order valence-electron chi connectivity index (χ4n) is 2.82. The molecule has 0 amide bonds. The van der Waals surface area contributed by atoms with Crippen LogP contribution in [0, 0.1) is 23.0 Å². The van der Waals surface area contributed by atoms with Gasteiger partial charge in [0.1, 0.15) is 5.82 Å². The van der Waals surface area contributed by atoms with Gasteiger partial charge in [-0.1, -0.05) is 6.92 Å². The van der Waals surface area contributed by atoms with Crippen LogP contribution in [0.3, 0.4) is 0 Å². The van der Waals surface area contributed by atoms with Crippen molar-refractivity contribution in [2.24, 2.45) is 5.92 Å². The second-order valence-electron chi connectivity index (χ2n) is 5.73. The van der Waals surface area contributed by atoms with Gasteiger partial charge in [0.05, 0.1) is 11.0 Å². The molecule has 6 nitrogen and oxygen atoms in total. The minimum absolute atomic E-state index is 0.159. The highest BCUT2D eigenvalue weighted by Crippen LogP contribution is 2.24. The van der Waals surface area contributed by atoms with Crippen molar-refractivity contribution in [2.75, 3.05) is 31.1 Å². The van der Waals surface area contributed by atoms with Gasteiger partial charge in [0, 0.05) is 24.8 Å². The molecule has 0 aromatic carbocycles. The molecule has 6 heteroatoms. The van der Waals surface area contributed by atoms with Crippen LogP contribution in [0.4, 0.5) is 11.5 Å². The number of nitrogens with zero attached hydrogens (tertiary/aromatic N) is 3. The first-order valence-electron chi connectivity index (χ1n) is 7.68. The summed E-state index contributed by atoms with van der Waals surface area (Å²) in [5, 5.41) is 14.5. The Morgan fingerprint density at radius 1 is 1.48 bits per heavy atom. The SMILES string of the molecule is CCCN(CC1CCNCC1)c1cc([N+](=O)[O-])c(C)cn1. The standard InChI is InChI=1S/C15H24N4O2/c1-3-8-18(11-13-4-6-16-7-5-13)15-9-14(19(20)21)12(2)10-17-15/h9-10,13,16H,3-8,11H2,1-2H3. The average Bonchev–Trinajstić information content (AvgIpc) is 2.48. The van der Waals surface area contributed by atoms with Gasteiger partial charge in [-0.25, -0.2) is 4.98 Å². The Labute approximate surface area is 125 Å². The molecular formula is C15H24N4O2. The number of hydrogen-bond acceptors (Lipinski definition) is 5. The number of pyridine rings is 1. The number of aryl methyl sites for hydroxylation is 1. The minimum Gasteiger partial charge on any atom is -0.356 e. The summed E-state index contributed by atoms with van der Waals surface area (Å²) in [5.74, 6) is 1.37. The lowest BCUT2D eigenvalue weighted by molar-refractivity contribution is -0.385. The summed E-state index contributed by atoms with van der Waals surface area (Å²) in [6.07, 6.45) is 4.94. The second kappa shape index (κ2) is 7.36. The van der Waals surface area contributed by atoms with Gasteiger partial charge >= 0.3 is 0 Å². The third kappa shape index (κ3) is 4.14. The molecule has 0 unspecified atom stereocenters. The average molecular weight is 292 g/mol. The quantitative estimate of drug-likeness (QED) is 0.644. The van der Waals surface area contributed by atoms with Crippen molar-refractivity contribution in [2.45, 2.75) is 33.1 Å². The lowest BCUT2D eigenvalue weighted by Gasteiger charge is -2.30. The maximum atomic E-state index is 11.1. The van der Waals surface area contributed by atoms with Crippen LogP contribution < -0.4 is 10.2 Å². The van der Waals surface area contributed by atoms with Gasteiger partial charge in [-0.15, -0.1) is 0 Å². The molecule has 0 spiro atoms. The lowest BCUT2D eigenvalue weighted by atomic mass is 9.97. The second-order valence-corrected chi connectivity index (χ2v) is 5.73. The highest BCUT2D eigenvalue weighted by molar-refractivity contribution is 5.50. The number of aromatic nitrogens is 1. The summed E-state index contributed by atoms with van der Waals surface area (Å²) in [6, 6.07) is 1.62. The Morgan fingerprint density at radius 2 is 2.19 bits per heavy atom. The molecule has 2 heterocycles. The summed E-state index contributed by atoms with van der Waals surface area (Å²) in [7, 11) is 0. The molecule has 1 fully saturated rings. The molecule has 0 bridgehead atoms. The van der Waals surface area contributed by atoms with E-state index in [0.29, 0.717) is 11.5 Å². The molecule has 0 radical (unpaired) electrons. The smallest absolute Gasteiger partial charge is 0.277 e. The van der Waals surface area contributed by atoms with Gasteiger partial charge in [-0.3, -0.25) is 10.1 Å². The lowest BCUT2D eigenvalue weighted by Crippen LogP contribution is -2.37. The number of nitro groups is 1. The highest BCUT2D eigenvalue weighted by atomic mass is 16.6. The fourth-order valence-corrected chi connectivity index (χ4v) is 2.82. The van der Waals surface area contributed by atoms with Gasteiger partial charge in [0.2, 0.25) is 0 Å². The summed E-state index contributed by atoms with van der Waals surface area (Å²) in [5.41, 5.74) is 0.772. The van der Waals surface area contributed by atoms with Crippen LogP contribution in [0.15, 0.2) is 12.3 Å². The van der Waals surface area contributed by atoms with Crippen molar-refractivity contribution >= 4 is 11.5 Å². The third-order valence-electron chi connectivity index (χ3n) is 4.01. The Balaban J connectivity index is 2.16. The van der Waals surface area contributed by atoms with Crippen LogP contribution >= 0.6 is 0 Å². The molecule has 1 saturated heterocycles. The van der Waals surface area contributed by atoms with Crippen molar-refractivity contribution in [1.82, 2.24) is 10.3 Å². The van der Waals surface area contributed by atoms with Gasteiger partial charge < -0.3 is 10.2 Å². The minimum atomic E-state index is -0.324. The molecule has 1 aromatic heterocycles. The number of nitrogens with one attached hydrogen (secondary N) is 1. The van der Waals surface area contributed by atoms with Crippen LogP contribution in [0.25, 0.3) is 0 Å². The maximum Gasteiger partial charge on any atom is 0.277 e. The van der Waals surface area contributed by atoms with Crippen molar-refractivity contribution in [3.8, 4) is 0 Å². The summed E-state index contributed by atoms with van der Waals surface area (Å²) in [4.78, 5) is 17.4. The molecule has 0 saturated carbocycles. The van der Waals surface area contributed by atoms with Crippen LogP contribution in [0.5, 0.6) is 0 Å². The van der Waals surface area contributed by atoms with Crippen molar-refractivity contribution in [3.05, 3.63) is 27.9 Å². The van der Waals surface area contributed by atoms with Crippen LogP contribution in [-0.4, -0.2) is 36.1 Å². The Morgan fingerprint density at radius 3 is 2.81 bits per heavy atom. The Bertz CT molecular complexity index is 487. The maximum absolute atomic E-state index is 11.1. The molecule has 1 N–H and O–H groups in total. The van der Waals surface area contributed by atoms with E-state index in [1.807, 2.05) is 0 Å². The zero-order valence-corrected chi connectivity index (χ0v) is 12.8. The van der Waals surface area contributed by atoms with Gasteiger partial charge in [-0.2, -0.15) is 0 Å². The molecule has 1 aliphatic heterocycles. The van der Waals surface area contributed by atoms with Gasteiger partial charge in [0.15, 0.2) is 0 Å². The largest absolute Gasteiger partial charge is 0.356 e. The van der Waals surface area contributed by atoms with Crippen molar-refractivity contribution < 1.29 is 4.92 Å². The summed E-state index contributed by atoms with van der Waals surface area (Å²) < 4.78 is 0. The first-order valence-corrected chi connectivity index (χ1v) is 7.68. The van der Waals surface area contributed by atoms with E-state index in [1.165, 1.54) is 0 Å². The van der Waals surface area contributed by atoms with E-state index >= 15 is 0 Å². The molecule has 116 valence electrons. The molecule has 2 rings (SSSR count). The normalized spacial score (nSPS) is 15.9. The van der Waals surface area contributed by atoms with Crippen molar-refractivity contribution in [1.29, 1.82) is 0 Å². The van der Waals surface area contributed by atoms with E-state index < -0.39 is 0 Å². The summed E-state index contributed by atoms with van der Waals surface area (Å²) in [6.45, 7) is 7.79. The molecular weight excluding hydrogens is 268 g/mol. The molecule has 1 aromatic rings. The van der Waals surface area contributed by atoms with Gasteiger partial charge in [-0.05, 0) is 45.2 Å². The van der Waals surface area contributed by atoms with E-state index in [-0.39, 0.29) is 10.6 Å². The molecule has 21 heavy (non-hydrogen) atoms. The van der Waals surface area contributed by atoms with Gasteiger partial charge in [0.25, 0.3) is 5.69 Å². The number of anilines is 1. The summed E-state index contributed by atoms with van der Waals surface area (Å²) >= 11 is 0. The zero-order chi connectivity index (χ0) is 15.2. The Kier molecular flexibility index (Phi) is 5.50. The Hall–Kier alpha value is -1.69. The predicted octanol–water partition coefficient (Wildman–Crippen LogP) is 2.51. The first-order chi connectivity index (χ1) is 10.1. The van der Waals surface area contributed by atoms with E-state index in [2.05, 4.69) is 22.1 Å². The number of rotatable bonds is 6. The zero-order valence-electron chi connectivity index (χ0n) is 12.8. The molecule has 1 aliphatic rings. The monoisotopic (exact) mass is 292 g/mol. The predicted molar refractivity (Wildman–Crippen MR) is 83.7 cm³/mol. The number of hydrogen-bond donors (Lipinski definition) is 1. The van der Waals surface area contributed by atoms with Crippen LogP contribution in [0.2, 0.25) is 0 Å². The topological polar surface area (TPSA) is 71.3 Å². The highest BCUT2D eigenvalue weighted by Gasteiger charge is 2.20. The van der Waals surface area contributed by atoms with E-state index in [0.717, 1.165) is 51.3 Å². The van der Waals surface area contributed by atoms with E-state index in [1.54, 1.807) is 19.2 Å².